The summed E-state index contributed by atoms with van der Waals surface area (Å²) in [5.74, 6) is 0.304. The quantitative estimate of drug-likeness (QED) is 0.664. The average molecular weight is 399 g/mol. The van der Waals surface area contributed by atoms with Gasteiger partial charge in [-0.25, -0.2) is 4.79 Å². The number of ether oxygens (including phenoxy) is 2. The summed E-state index contributed by atoms with van der Waals surface area (Å²) in [6.45, 7) is 0.566. The van der Waals surface area contributed by atoms with Gasteiger partial charge in [0.05, 0.1) is 18.2 Å². The molecule has 2 aliphatic rings. The molecular weight excluding hydrogens is 378 g/mol. The Kier molecular flexibility index (Phi) is 4.71. The number of para-hydroxylation sites is 1. The molecule has 5 rings (SSSR count). The highest BCUT2D eigenvalue weighted by Crippen LogP contribution is 2.33. The Balaban J connectivity index is 1.38. The van der Waals surface area contributed by atoms with Crippen molar-refractivity contribution in [3.05, 3.63) is 101 Å². The third-order valence-electron chi connectivity index (χ3n) is 5.68. The largest absolute Gasteiger partial charge is 0.493 e. The fourth-order valence-electron chi connectivity index (χ4n) is 4.12. The Hall–Kier alpha value is -3.60. The van der Waals surface area contributed by atoms with Crippen LogP contribution < -0.4 is 10.1 Å². The molecular formula is C25H21NO4. The van der Waals surface area contributed by atoms with Gasteiger partial charge in [0.25, 0.3) is 5.91 Å². The van der Waals surface area contributed by atoms with E-state index in [1.165, 1.54) is 0 Å². The summed E-state index contributed by atoms with van der Waals surface area (Å²) in [4.78, 5) is 25.4. The van der Waals surface area contributed by atoms with Crippen molar-refractivity contribution in [2.75, 3.05) is 6.61 Å². The number of hydrogen-bond donors (Lipinski definition) is 1. The fourth-order valence-corrected chi connectivity index (χ4v) is 4.12. The topological polar surface area (TPSA) is 64.6 Å². The second-order valence-electron chi connectivity index (χ2n) is 7.58. The molecule has 0 bridgehead atoms. The van der Waals surface area contributed by atoms with Crippen molar-refractivity contribution < 1.29 is 19.1 Å². The van der Waals surface area contributed by atoms with E-state index in [-0.39, 0.29) is 24.0 Å². The number of rotatable bonds is 3. The molecule has 3 aromatic carbocycles. The summed E-state index contributed by atoms with van der Waals surface area (Å²) in [7, 11) is 0. The van der Waals surface area contributed by atoms with Crippen LogP contribution in [-0.4, -0.2) is 18.5 Å². The van der Waals surface area contributed by atoms with Crippen LogP contribution in [0.3, 0.4) is 0 Å². The van der Waals surface area contributed by atoms with Crippen molar-refractivity contribution >= 4 is 11.9 Å². The van der Waals surface area contributed by atoms with Gasteiger partial charge >= 0.3 is 5.97 Å². The number of amides is 1. The van der Waals surface area contributed by atoms with Gasteiger partial charge in [0.2, 0.25) is 0 Å². The van der Waals surface area contributed by atoms with Crippen LogP contribution in [0, 0.1) is 0 Å². The van der Waals surface area contributed by atoms with Gasteiger partial charge < -0.3 is 14.8 Å². The Morgan fingerprint density at radius 3 is 2.63 bits per heavy atom. The van der Waals surface area contributed by atoms with E-state index >= 15 is 0 Å². The first-order valence-electron chi connectivity index (χ1n) is 10.1. The number of hydrogen-bond acceptors (Lipinski definition) is 4. The lowest BCUT2D eigenvalue weighted by Gasteiger charge is -2.27. The molecule has 5 heteroatoms. The van der Waals surface area contributed by atoms with Crippen LogP contribution in [-0.2, 0) is 11.2 Å². The molecule has 3 aromatic rings. The number of nitrogens with one attached hydrogen (secondary N) is 1. The maximum absolute atomic E-state index is 13.0. The van der Waals surface area contributed by atoms with Crippen LogP contribution >= 0.6 is 0 Å². The van der Waals surface area contributed by atoms with Gasteiger partial charge in [0, 0.05) is 24.0 Å². The smallest absolute Gasteiger partial charge is 0.339 e. The summed E-state index contributed by atoms with van der Waals surface area (Å²) >= 11 is 0. The average Bonchev–Trinajstić information content (AvgIpc) is 2.79. The Morgan fingerprint density at radius 2 is 1.77 bits per heavy atom. The molecule has 0 radical (unpaired) electrons. The minimum atomic E-state index is -0.351. The van der Waals surface area contributed by atoms with E-state index in [9.17, 15) is 9.59 Å². The molecule has 0 aromatic heterocycles. The fraction of sp³-hybridized carbons (Fsp3) is 0.200. The monoisotopic (exact) mass is 399 g/mol. The predicted molar refractivity (Wildman–Crippen MR) is 112 cm³/mol. The minimum Gasteiger partial charge on any atom is -0.493 e. The SMILES string of the molecule is O=C(NC1CCOc2ccccc21)c1ccc2c(c1)CC(c1ccccc1)OC2=O. The molecule has 30 heavy (non-hydrogen) atoms. The predicted octanol–water partition coefficient (Wildman–Crippen LogP) is 4.39. The summed E-state index contributed by atoms with van der Waals surface area (Å²) < 4.78 is 11.3. The maximum Gasteiger partial charge on any atom is 0.339 e. The number of benzene rings is 3. The molecule has 1 N–H and O–H groups in total. The summed E-state index contributed by atoms with van der Waals surface area (Å²) in [6.07, 6.45) is 0.925. The van der Waals surface area contributed by atoms with Gasteiger partial charge in [-0.2, -0.15) is 0 Å². The second-order valence-corrected chi connectivity index (χ2v) is 7.58. The van der Waals surface area contributed by atoms with Gasteiger partial charge in [-0.1, -0.05) is 48.5 Å². The summed E-state index contributed by atoms with van der Waals surface area (Å²) in [5.41, 5.74) is 3.84. The summed E-state index contributed by atoms with van der Waals surface area (Å²) in [6, 6.07) is 22.5. The number of carbonyl (C=O) groups excluding carboxylic acids is 2. The van der Waals surface area contributed by atoms with Crippen molar-refractivity contribution in [1.82, 2.24) is 5.32 Å². The van der Waals surface area contributed by atoms with E-state index in [0.29, 0.717) is 24.2 Å². The molecule has 2 atom stereocenters. The molecule has 0 fully saturated rings. The zero-order valence-corrected chi connectivity index (χ0v) is 16.3. The number of esters is 1. The third-order valence-corrected chi connectivity index (χ3v) is 5.68. The molecule has 0 spiro atoms. The highest BCUT2D eigenvalue weighted by atomic mass is 16.5. The Labute approximate surface area is 174 Å². The molecule has 0 saturated carbocycles. The van der Waals surface area contributed by atoms with E-state index in [1.54, 1.807) is 12.1 Å². The van der Waals surface area contributed by atoms with Gasteiger partial charge in [0.1, 0.15) is 11.9 Å². The van der Waals surface area contributed by atoms with Crippen molar-refractivity contribution in [2.45, 2.75) is 25.0 Å². The van der Waals surface area contributed by atoms with Crippen LogP contribution in [0.15, 0.2) is 72.8 Å². The standard InChI is InChI=1S/C25H21NO4/c27-24(26-21-12-13-29-22-9-5-4-8-20(21)22)17-10-11-19-18(14-17)15-23(30-25(19)28)16-6-2-1-3-7-16/h1-11,14,21,23H,12-13,15H2,(H,26,27). The van der Waals surface area contributed by atoms with E-state index in [0.717, 1.165) is 28.9 Å². The van der Waals surface area contributed by atoms with E-state index in [4.69, 9.17) is 9.47 Å². The van der Waals surface area contributed by atoms with Crippen LogP contribution in [0.4, 0.5) is 0 Å². The lowest BCUT2D eigenvalue weighted by Crippen LogP contribution is -2.32. The molecule has 2 heterocycles. The first kappa shape index (κ1) is 18.4. The third kappa shape index (κ3) is 3.43. The lowest BCUT2D eigenvalue weighted by molar-refractivity contribution is 0.0252. The number of fused-ring (bicyclic) bond motifs is 2. The normalized spacial score (nSPS) is 19.7. The van der Waals surface area contributed by atoms with Crippen LogP contribution in [0.2, 0.25) is 0 Å². The van der Waals surface area contributed by atoms with E-state index < -0.39 is 0 Å². The van der Waals surface area contributed by atoms with Crippen LogP contribution in [0.25, 0.3) is 0 Å². The molecule has 5 nitrogen and oxygen atoms in total. The maximum atomic E-state index is 13.0. The molecule has 0 saturated heterocycles. The zero-order chi connectivity index (χ0) is 20.5. The molecule has 0 aliphatic carbocycles. The number of cyclic esters (lactones) is 1. The highest BCUT2D eigenvalue weighted by molar-refractivity contribution is 5.98. The van der Waals surface area contributed by atoms with Gasteiger partial charge in [-0.3, -0.25) is 4.79 Å². The Morgan fingerprint density at radius 1 is 0.967 bits per heavy atom. The van der Waals surface area contributed by atoms with Crippen molar-refractivity contribution in [3.8, 4) is 5.75 Å². The van der Waals surface area contributed by atoms with Crippen molar-refractivity contribution in [3.63, 3.8) is 0 Å². The summed E-state index contributed by atoms with van der Waals surface area (Å²) in [5, 5.41) is 3.12. The van der Waals surface area contributed by atoms with Crippen molar-refractivity contribution in [1.29, 1.82) is 0 Å². The van der Waals surface area contributed by atoms with Crippen LogP contribution in [0.1, 0.15) is 56.0 Å². The van der Waals surface area contributed by atoms with Gasteiger partial charge in [-0.15, -0.1) is 0 Å². The van der Waals surface area contributed by atoms with Gasteiger partial charge in [-0.05, 0) is 35.4 Å². The first-order valence-corrected chi connectivity index (χ1v) is 10.1. The van der Waals surface area contributed by atoms with Crippen molar-refractivity contribution in [2.24, 2.45) is 0 Å². The Bertz CT molecular complexity index is 1110. The van der Waals surface area contributed by atoms with E-state index in [2.05, 4.69) is 5.32 Å². The minimum absolute atomic E-state index is 0.0967. The molecule has 1 amide bonds. The first-order chi connectivity index (χ1) is 14.7. The van der Waals surface area contributed by atoms with Gasteiger partial charge in [0.15, 0.2) is 0 Å². The van der Waals surface area contributed by atoms with Crippen LogP contribution in [0.5, 0.6) is 5.75 Å². The zero-order valence-electron chi connectivity index (χ0n) is 16.3. The molecule has 2 unspecified atom stereocenters. The molecule has 2 aliphatic heterocycles. The molecule has 150 valence electrons. The second kappa shape index (κ2) is 7.67. The highest BCUT2D eigenvalue weighted by Gasteiger charge is 2.29. The number of carbonyl (C=O) groups is 2. The van der Waals surface area contributed by atoms with E-state index in [1.807, 2.05) is 60.7 Å². The lowest BCUT2D eigenvalue weighted by atomic mass is 9.93.